The lowest BCUT2D eigenvalue weighted by Gasteiger charge is -2.37. The number of aryl methyl sites for hydroxylation is 1. The Balaban J connectivity index is 1.58. The van der Waals surface area contributed by atoms with E-state index in [9.17, 15) is 0 Å². The standard InChI is InChI=1S/C12H20N4S/c1-9(12-14-13-10(2)17-12)15-5-7-16(8-6-15)11-3-4-11/h9,11H,3-8H2,1-2H3/t9-/m0/s1. The minimum absolute atomic E-state index is 0.433. The smallest absolute Gasteiger partial charge is 0.134 e. The third kappa shape index (κ3) is 2.51. The van der Waals surface area contributed by atoms with Crippen molar-refractivity contribution in [1.82, 2.24) is 20.0 Å². The van der Waals surface area contributed by atoms with E-state index in [-0.39, 0.29) is 0 Å². The maximum absolute atomic E-state index is 4.27. The third-order valence-corrected chi connectivity index (χ3v) is 4.87. The summed E-state index contributed by atoms with van der Waals surface area (Å²) in [5.41, 5.74) is 0. The summed E-state index contributed by atoms with van der Waals surface area (Å²) >= 11 is 1.73. The number of rotatable bonds is 3. The highest BCUT2D eigenvalue weighted by Gasteiger charge is 2.32. The molecule has 0 unspecified atom stereocenters. The van der Waals surface area contributed by atoms with Gasteiger partial charge >= 0.3 is 0 Å². The van der Waals surface area contributed by atoms with Crippen LogP contribution in [0.1, 0.15) is 35.8 Å². The van der Waals surface area contributed by atoms with E-state index in [4.69, 9.17) is 0 Å². The Morgan fingerprint density at radius 1 is 1.18 bits per heavy atom. The Labute approximate surface area is 107 Å². The summed E-state index contributed by atoms with van der Waals surface area (Å²) in [5.74, 6) is 0. The lowest BCUT2D eigenvalue weighted by Crippen LogP contribution is -2.47. The summed E-state index contributed by atoms with van der Waals surface area (Å²) in [6.45, 7) is 9.10. The van der Waals surface area contributed by atoms with E-state index >= 15 is 0 Å². The fourth-order valence-corrected chi connectivity index (χ4v) is 3.35. The van der Waals surface area contributed by atoms with Gasteiger partial charge in [-0.15, -0.1) is 21.5 Å². The van der Waals surface area contributed by atoms with Crippen LogP contribution >= 0.6 is 11.3 Å². The van der Waals surface area contributed by atoms with Crippen LogP contribution in [0.2, 0.25) is 0 Å². The zero-order valence-corrected chi connectivity index (χ0v) is 11.4. The van der Waals surface area contributed by atoms with Crippen molar-refractivity contribution >= 4 is 11.3 Å². The number of aromatic nitrogens is 2. The second kappa shape index (κ2) is 4.63. The zero-order chi connectivity index (χ0) is 11.8. The summed E-state index contributed by atoms with van der Waals surface area (Å²) in [4.78, 5) is 5.19. The first kappa shape index (κ1) is 11.6. The van der Waals surface area contributed by atoms with Gasteiger partial charge in [-0.05, 0) is 26.7 Å². The molecule has 5 heteroatoms. The van der Waals surface area contributed by atoms with Gasteiger partial charge in [0, 0.05) is 32.2 Å². The van der Waals surface area contributed by atoms with Crippen LogP contribution < -0.4 is 0 Å². The molecule has 1 aliphatic carbocycles. The monoisotopic (exact) mass is 252 g/mol. The van der Waals surface area contributed by atoms with E-state index in [0.717, 1.165) is 11.0 Å². The molecule has 2 heterocycles. The Morgan fingerprint density at radius 3 is 2.41 bits per heavy atom. The molecule has 3 rings (SSSR count). The van der Waals surface area contributed by atoms with Crippen molar-refractivity contribution in [3.8, 4) is 0 Å². The Hall–Kier alpha value is -0.520. The van der Waals surface area contributed by atoms with Gasteiger partial charge in [-0.3, -0.25) is 9.80 Å². The van der Waals surface area contributed by atoms with E-state index in [0.29, 0.717) is 6.04 Å². The highest BCUT2D eigenvalue weighted by molar-refractivity contribution is 7.11. The lowest BCUT2D eigenvalue weighted by molar-refractivity contribution is 0.0971. The molecule has 2 aliphatic rings. The van der Waals surface area contributed by atoms with Crippen LogP contribution in [0.3, 0.4) is 0 Å². The summed E-state index contributed by atoms with van der Waals surface area (Å²) in [7, 11) is 0. The van der Waals surface area contributed by atoms with Crippen molar-refractivity contribution in [2.75, 3.05) is 26.2 Å². The average Bonchev–Trinajstić information content (AvgIpc) is 3.11. The van der Waals surface area contributed by atoms with Gasteiger partial charge < -0.3 is 0 Å². The van der Waals surface area contributed by atoms with E-state index in [1.165, 1.54) is 44.0 Å². The fourth-order valence-electron chi connectivity index (χ4n) is 2.57. The maximum atomic E-state index is 4.27. The van der Waals surface area contributed by atoms with Gasteiger partial charge in [0.25, 0.3) is 0 Å². The first-order valence-electron chi connectivity index (χ1n) is 6.52. The van der Waals surface area contributed by atoms with Crippen LogP contribution in [0.15, 0.2) is 0 Å². The quantitative estimate of drug-likeness (QED) is 0.819. The van der Waals surface area contributed by atoms with Crippen molar-refractivity contribution in [3.05, 3.63) is 10.0 Å². The van der Waals surface area contributed by atoms with Crippen LogP contribution in [0.5, 0.6) is 0 Å². The molecule has 0 radical (unpaired) electrons. The molecule has 2 fully saturated rings. The number of nitrogens with zero attached hydrogens (tertiary/aromatic N) is 4. The summed E-state index contributed by atoms with van der Waals surface area (Å²) < 4.78 is 0. The number of hydrogen-bond acceptors (Lipinski definition) is 5. The van der Waals surface area contributed by atoms with Gasteiger partial charge in [0.15, 0.2) is 0 Å². The molecular formula is C12H20N4S. The highest BCUT2D eigenvalue weighted by atomic mass is 32.1. The van der Waals surface area contributed by atoms with Gasteiger partial charge in [-0.2, -0.15) is 0 Å². The molecule has 0 aromatic carbocycles. The summed E-state index contributed by atoms with van der Waals surface area (Å²) in [6.07, 6.45) is 2.84. The van der Waals surface area contributed by atoms with Crippen LogP contribution in [0, 0.1) is 6.92 Å². The van der Waals surface area contributed by atoms with Gasteiger partial charge in [0.1, 0.15) is 10.0 Å². The second-order valence-electron chi connectivity index (χ2n) is 5.14. The van der Waals surface area contributed by atoms with Gasteiger partial charge in [0.2, 0.25) is 0 Å². The van der Waals surface area contributed by atoms with E-state index in [2.05, 4.69) is 26.9 Å². The first-order valence-corrected chi connectivity index (χ1v) is 7.34. The SMILES string of the molecule is Cc1nnc([C@H](C)N2CCN(C3CC3)CC2)s1. The normalized spacial score (nSPS) is 25.1. The molecule has 0 amide bonds. The average molecular weight is 252 g/mol. The van der Waals surface area contributed by atoms with Crippen molar-refractivity contribution < 1.29 is 0 Å². The number of piperazine rings is 1. The van der Waals surface area contributed by atoms with Crippen molar-refractivity contribution in [1.29, 1.82) is 0 Å². The van der Waals surface area contributed by atoms with E-state index < -0.39 is 0 Å². The van der Waals surface area contributed by atoms with Gasteiger partial charge in [-0.1, -0.05) is 0 Å². The third-order valence-electron chi connectivity index (χ3n) is 3.86. The van der Waals surface area contributed by atoms with Crippen molar-refractivity contribution in [3.63, 3.8) is 0 Å². The molecular weight excluding hydrogens is 232 g/mol. The Morgan fingerprint density at radius 2 is 1.88 bits per heavy atom. The molecule has 1 atom stereocenters. The molecule has 0 bridgehead atoms. The molecule has 1 saturated carbocycles. The highest BCUT2D eigenvalue weighted by Crippen LogP contribution is 2.30. The lowest BCUT2D eigenvalue weighted by atomic mass is 10.2. The van der Waals surface area contributed by atoms with Crippen LogP contribution in [0.4, 0.5) is 0 Å². The Bertz CT molecular complexity index is 380. The molecule has 1 aromatic heterocycles. The first-order chi connectivity index (χ1) is 8.24. The summed E-state index contributed by atoms with van der Waals surface area (Å²) in [6, 6.07) is 1.35. The van der Waals surface area contributed by atoms with Crippen molar-refractivity contribution in [2.45, 2.75) is 38.8 Å². The molecule has 1 saturated heterocycles. The molecule has 17 heavy (non-hydrogen) atoms. The van der Waals surface area contributed by atoms with E-state index in [1.807, 2.05) is 6.92 Å². The molecule has 1 aliphatic heterocycles. The largest absolute Gasteiger partial charge is 0.298 e. The zero-order valence-electron chi connectivity index (χ0n) is 10.6. The van der Waals surface area contributed by atoms with Gasteiger partial charge in [-0.25, -0.2) is 0 Å². The predicted molar refractivity (Wildman–Crippen MR) is 69.2 cm³/mol. The van der Waals surface area contributed by atoms with Gasteiger partial charge in [0.05, 0.1) is 6.04 Å². The van der Waals surface area contributed by atoms with Crippen LogP contribution in [-0.2, 0) is 0 Å². The predicted octanol–water partition coefficient (Wildman–Crippen LogP) is 1.69. The minimum atomic E-state index is 0.433. The van der Waals surface area contributed by atoms with E-state index in [1.54, 1.807) is 11.3 Å². The molecule has 1 aromatic rings. The second-order valence-corrected chi connectivity index (χ2v) is 6.35. The maximum Gasteiger partial charge on any atom is 0.134 e. The topological polar surface area (TPSA) is 32.3 Å². The summed E-state index contributed by atoms with van der Waals surface area (Å²) in [5, 5.41) is 10.6. The molecule has 0 N–H and O–H groups in total. The molecule has 4 nitrogen and oxygen atoms in total. The van der Waals surface area contributed by atoms with Crippen LogP contribution in [0.25, 0.3) is 0 Å². The Kier molecular flexibility index (Phi) is 3.15. The minimum Gasteiger partial charge on any atom is -0.298 e. The molecule has 94 valence electrons. The van der Waals surface area contributed by atoms with Crippen LogP contribution in [-0.4, -0.2) is 52.2 Å². The van der Waals surface area contributed by atoms with Crippen molar-refractivity contribution in [2.24, 2.45) is 0 Å². The number of hydrogen-bond donors (Lipinski definition) is 0. The fraction of sp³-hybridized carbons (Fsp3) is 0.833. The molecule has 0 spiro atoms.